The molecule has 1 aliphatic rings. The third kappa shape index (κ3) is 3.07. The summed E-state index contributed by atoms with van der Waals surface area (Å²) in [7, 11) is 0. The van der Waals surface area contributed by atoms with Crippen LogP contribution in [0.3, 0.4) is 0 Å². The van der Waals surface area contributed by atoms with Crippen LogP contribution < -0.4 is 5.32 Å². The number of furan rings is 1. The zero-order chi connectivity index (χ0) is 11.4. The van der Waals surface area contributed by atoms with E-state index in [9.17, 15) is 0 Å². The fourth-order valence-corrected chi connectivity index (χ4v) is 1.98. The largest absolute Gasteiger partial charge is 0.462 e. The first-order valence-corrected chi connectivity index (χ1v) is 5.86. The van der Waals surface area contributed by atoms with E-state index in [-0.39, 0.29) is 13.2 Å². The zero-order valence-corrected chi connectivity index (χ0v) is 9.35. The zero-order valence-electron chi connectivity index (χ0n) is 9.35. The maximum absolute atomic E-state index is 8.96. The summed E-state index contributed by atoms with van der Waals surface area (Å²) < 4.78 is 5.39. The molecule has 4 heteroatoms. The molecular formula is C12H19NO3. The molecule has 1 heterocycles. The molecule has 0 radical (unpaired) electrons. The third-order valence-corrected chi connectivity index (χ3v) is 3.04. The van der Waals surface area contributed by atoms with Crippen molar-refractivity contribution in [3.8, 4) is 0 Å². The van der Waals surface area contributed by atoms with Gasteiger partial charge in [0, 0.05) is 12.6 Å². The van der Waals surface area contributed by atoms with Gasteiger partial charge < -0.3 is 19.9 Å². The van der Waals surface area contributed by atoms with Gasteiger partial charge in [-0.25, -0.2) is 0 Å². The van der Waals surface area contributed by atoms with Crippen LogP contribution in [0.5, 0.6) is 0 Å². The normalized spacial score (nSPS) is 17.6. The number of rotatable bonds is 7. The summed E-state index contributed by atoms with van der Waals surface area (Å²) in [4.78, 5) is 0. The number of hydrogen-bond acceptors (Lipinski definition) is 4. The highest BCUT2D eigenvalue weighted by molar-refractivity contribution is 5.06. The van der Waals surface area contributed by atoms with E-state index in [1.807, 2.05) is 6.07 Å². The standard InChI is InChI=1S/C12H19NO3/c14-6-5-12(9-1-2-9)13-7-10-3-4-11(8-15)16-10/h3-4,9,12-15H,1-2,5-8H2. The summed E-state index contributed by atoms with van der Waals surface area (Å²) >= 11 is 0. The molecule has 90 valence electrons. The minimum atomic E-state index is -0.0529. The molecule has 0 bridgehead atoms. The number of hydrogen-bond donors (Lipinski definition) is 3. The minimum Gasteiger partial charge on any atom is -0.462 e. The highest BCUT2D eigenvalue weighted by Gasteiger charge is 2.30. The van der Waals surface area contributed by atoms with E-state index >= 15 is 0 Å². The lowest BCUT2D eigenvalue weighted by atomic mass is 10.1. The van der Waals surface area contributed by atoms with Crippen LogP contribution in [-0.2, 0) is 13.2 Å². The Morgan fingerprint density at radius 3 is 2.62 bits per heavy atom. The van der Waals surface area contributed by atoms with Crippen molar-refractivity contribution < 1.29 is 14.6 Å². The molecule has 0 aromatic carbocycles. The molecule has 1 saturated carbocycles. The van der Waals surface area contributed by atoms with E-state index in [2.05, 4.69) is 5.32 Å². The van der Waals surface area contributed by atoms with Crippen LogP contribution in [0.2, 0.25) is 0 Å². The molecule has 0 spiro atoms. The molecule has 2 rings (SSSR count). The van der Waals surface area contributed by atoms with E-state index in [1.54, 1.807) is 6.07 Å². The van der Waals surface area contributed by atoms with Gasteiger partial charge in [0.05, 0.1) is 6.54 Å². The smallest absolute Gasteiger partial charge is 0.129 e. The SMILES string of the molecule is OCCC(NCc1ccc(CO)o1)C1CC1. The van der Waals surface area contributed by atoms with Gasteiger partial charge in [0.1, 0.15) is 18.1 Å². The maximum atomic E-state index is 8.96. The molecule has 4 nitrogen and oxygen atoms in total. The summed E-state index contributed by atoms with van der Waals surface area (Å²) in [5.74, 6) is 2.16. The van der Waals surface area contributed by atoms with Crippen LogP contribution in [0.1, 0.15) is 30.8 Å². The molecule has 1 aromatic heterocycles. The molecule has 1 aromatic rings. The molecule has 1 fully saturated rings. The Morgan fingerprint density at radius 2 is 2.06 bits per heavy atom. The fraction of sp³-hybridized carbons (Fsp3) is 0.667. The van der Waals surface area contributed by atoms with Gasteiger partial charge in [0.25, 0.3) is 0 Å². The van der Waals surface area contributed by atoms with Crippen molar-refractivity contribution in [2.24, 2.45) is 5.92 Å². The van der Waals surface area contributed by atoms with E-state index in [1.165, 1.54) is 12.8 Å². The third-order valence-electron chi connectivity index (χ3n) is 3.04. The van der Waals surface area contributed by atoms with Gasteiger partial charge in [-0.2, -0.15) is 0 Å². The first-order chi connectivity index (χ1) is 7.83. The highest BCUT2D eigenvalue weighted by atomic mass is 16.4. The van der Waals surface area contributed by atoms with E-state index in [0.29, 0.717) is 18.3 Å². The van der Waals surface area contributed by atoms with Crippen LogP contribution in [0.15, 0.2) is 16.5 Å². The Hall–Kier alpha value is -0.840. The van der Waals surface area contributed by atoms with Crippen LogP contribution in [0, 0.1) is 5.92 Å². The van der Waals surface area contributed by atoms with Crippen molar-refractivity contribution in [2.45, 2.75) is 38.5 Å². The summed E-state index contributed by atoms with van der Waals surface area (Å²) in [5, 5.41) is 21.2. The maximum Gasteiger partial charge on any atom is 0.129 e. The van der Waals surface area contributed by atoms with Gasteiger partial charge in [-0.15, -0.1) is 0 Å². The predicted octanol–water partition coefficient (Wildman–Crippen LogP) is 1.02. The number of nitrogens with one attached hydrogen (secondary N) is 1. The molecular weight excluding hydrogens is 206 g/mol. The molecule has 1 aliphatic carbocycles. The minimum absolute atomic E-state index is 0.0529. The van der Waals surface area contributed by atoms with Crippen LogP contribution in [-0.4, -0.2) is 22.9 Å². The van der Waals surface area contributed by atoms with Crippen molar-refractivity contribution in [3.63, 3.8) is 0 Å². The molecule has 0 aliphatic heterocycles. The van der Waals surface area contributed by atoms with Crippen molar-refractivity contribution in [2.75, 3.05) is 6.61 Å². The first-order valence-electron chi connectivity index (χ1n) is 5.86. The van der Waals surface area contributed by atoms with Gasteiger partial charge in [0.2, 0.25) is 0 Å². The summed E-state index contributed by atoms with van der Waals surface area (Å²) in [6.07, 6.45) is 3.33. The lowest BCUT2D eigenvalue weighted by Gasteiger charge is -2.15. The number of aliphatic hydroxyl groups excluding tert-OH is 2. The second kappa shape index (κ2) is 5.48. The second-order valence-corrected chi connectivity index (χ2v) is 4.36. The van der Waals surface area contributed by atoms with Crippen molar-refractivity contribution in [1.29, 1.82) is 0 Å². The molecule has 1 unspecified atom stereocenters. The summed E-state index contributed by atoms with van der Waals surface area (Å²) in [6.45, 7) is 0.845. The second-order valence-electron chi connectivity index (χ2n) is 4.36. The van der Waals surface area contributed by atoms with Gasteiger partial charge in [0.15, 0.2) is 0 Å². The molecule has 0 saturated heterocycles. The van der Waals surface area contributed by atoms with E-state index in [0.717, 1.165) is 18.1 Å². The summed E-state index contributed by atoms with van der Waals surface area (Å²) in [5.41, 5.74) is 0. The van der Waals surface area contributed by atoms with Crippen molar-refractivity contribution in [1.82, 2.24) is 5.32 Å². The fourth-order valence-electron chi connectivity index (χ4n) is 1.98. The first kappa shape index (κ1) is 11.6. The van der Waals surface area contributed by atoms with Gasteiger partial charge in [-0.3, -0.25) is 0 Å². The van der Waals surface area contributed by atoms with Crippen molar-refractivity contribution >= 4 is 0 Å². The quantitative estimate of drug-likeness (QED) is 0.648. The van der Waals surface area contributed by atoms with Gasteiger partial charge in [-0.1, -0.05) is 0 Å². The van der Waals surface area contributed by atoms with Gasteiger partial charge >= 0.3 is 0 Å². The Kier molecular flexibility index (Phi) is 3.98. The molecule has 0 amide bonds. The van der Waals surface area contributed by atoms with Crippen LogP contribution in [0.25, 0.3) is 0 Å². The molecule has 16 heavy (non-hydrogen) atoms. The van der Waals surface area contributed by atoms with Crippen LogP contribution >= 0.6 is 0 Å². The molecule has 3 N–H and O–H groups in total. The lowest BCUT2D eigenvalue weighted by Crippen LogP contribution is -2.31. The predicted molar refractivity (Wildman–Crippen MR) is 59.7 cm³/mol. The Labute approximate surface area is 95.3 Å². The van der Waals surface area contributed by atoms with E-state index < -0.39 is 0 Å². The molecule has 1 atom stereocenters. The van der Waals surface area contributed by atoms with Crippen LogP contribution in [0.4, 0.5) is 0 Å². The van der Waals surface area contributed by atoms with Crippen molar-refractivity contribution in [3.05, 3.63) is 23.7 Å². The summed E-state index contributed by atoms with van der Waals surface area (Å²) in [6, 6.07) is 4.06. The number of aliphatic hydroxyl groups is 2. The highest BCUT2D eigenvalue weighted by Crippen LogP contribution is 2.34. The Balaban J connectivity index is 1.80. The Morgan fingerprint density at radius 1 is 1.31 bits per heavy atom. The van der Waals surface area contributed by atoms with Gasteiger partial charge in [-0.05, 0) is 37.3 Å². The average molecular weight is 225 g/mol. The topological polar surface area (TPSA) is 65.6 Å². The Bertz CT molecular complexity index is 320. The lowest BCUT2D eigenvalue weighted by molar-refractivity contribution is 0.238. The average Bonchev–Trinajstić information content (AvgIpc) is 3.03. The monoisotopic (exact) mass is 225 g/mol. The van der Waals surface area contributed by atoms with E-state index in [4.69, 9.17) is 14.6 Å².